The highest BCUT2D eigenvalue weighted by atomic mass is 16.3. The molecule has 0 fully saturated rings. The van der Waals surface area contributed by atoms with Crippen LogP contribution in [-0.4, -0.2) is 10.1 Å². The summed E-state index contributed by atoms with van der Waals surface area (Å²) >= 11 is 0. The second kappa shape index (κ2) is 4.72. The number of nitrogens with zero attached hydrogens (tertiary/aromatic N) is 1. The third-order valence-electron chi connectivity index (χ3n) is 3.08. The number of hydrogen-bond donors (Lipinski definition) is 1. The topological polar surface area (TPSA) is 46.3 Å². The minimum Gasteiger partial charge on any atom is -0.466 e. The fourth-order valence-corrected chi connectivity index (χ4v) is 2.12. The van der Waals surface area contributed by atoms with E-state index in [0.717, 1.165) is 28.3 Å². The number of aryl methyl sites for hydroxylation is 2. The maximum Gasteiger partial charge on any atom is 0.107 e. The average Bonchev–Trinajstić information content (AvgIpc) is 2.54. The molecule has 0 radical (unpaired) electrons. The van der Waals surface area contributed by atoms with Crippen molar-refractivity contribution >= 4 is 0 Å². The molecule has 1 N–H and O–H groups in total. The van der Waals surface area contributed by atoms with E-state index in [9.17, 15) is 5.11 Å². The van der Waals surface area contributed by atoms with Gasteiger partial charge in [-0.3, -0.25) is 4.98 Å². The van der Waals surface area contributed by atoms with Gasteiger partial charge in [-0.25, -0.2) is 0 Å². The lowest BCUT2D eigenvalue weighted by atomic mass is 10.0. The van der Waals surface area contributed by atoms with E-state index in [4.69, 9.17) is 4.42 Å². The van der Waals surface area contributed by atoms with E-state index < -0.39 is 6.10 Å². The van der Waals surface area contributed by atoms with Crippen molar-refractivity contribution in [1.29, 1.82) is 0 Å². The Bertz CT molecular complexity index is 502. The van der Waals surface area contributed by atoms with Gasteiger partial charge in [0.05, 0.1) is 6.10 Å². The molecule has 90 valence electrons. The predicted octanol–water partition coefficient (Wildman–Crippen LogP) is 2.88. The maximum atomic E-state index is 10.2. The van der Waals surface area contributed by atoms with Gasteiger partial charge in [0.15, 0.2) is 0 Å². The van der Waals surface area contributed by atoms with E-state index in [2.05, 4.69) is 4.98 Å². The van der Waals surface area contributed by atoms with Crippen molar-refractivity contribution in [1.82, 2.24) is 4.98 Å². The molecular formula is C14H17NO2. The van der Waals surface area contributed by atoms with Crippen molar-refractivity contribution in [2.45, 2.75) is 33.3 Å². The van der Waals surface area contributed by atoms with E-state index in [1.54, 1.807) is 6.20 Å². The first-order chi connectivity index (χ1) is 8.09. The molecule has 2 rings (SSSR count). The Morgan fingerprint density at radius 1 is 1.24 bits per heavy atom. The van der Waals surface area contributed by atoms with E-state index in [-0.39, 0.29) is 0 Å². The fraction of sp³-hybridized carbons (Fsp3) is 0.357. The number of aliphatic hydroxyl groups is 1. The first kappa shape index (κ1) is 11.9. The molecule has 0 bridgehead atoms. The van der Waals surface area contributed by atoms with E-state index in [1.807, 2.05) is 39.0 Å². The van der Waals surface area contributed by atoms with Gasteiger partial charge >= 0.3 is 0 Å². The van der Waals surface area contributed by atoms with Crippen LogP contribution < -0.4 is 0 Å². The van der Waals surface area contributed by atoms with Crippen LogP contribution in [0.3, 0.4) is 0 Å². The van der Waals surface area contributed by atoms with E-state index in [1.165, 1.54) is 0 Å². The molecule has 1 unspecified atom stereocenters. The minimum atomic E-state index is -0.553. The van der Waals surface area contributed by atoms with Crippen LogP contribution in [0.5, 0.6) is 0 Å². The predicted molar refractivity (Wildman–Crippen MR) is 65.8 cm³/mol. The largest absolute Gasteiger partial charge is 0.466 e. The smallest absolute Gasteiger partial charge is 0.107 e. The Balaban J connectivity index is 2.23. The summed E-state index contributed by atoms with van der Waals surface area (Å²) in [7, 11) is 0. The summed E-state index contributed by atoms with van der Waals surface area (Å²) < 4.78 is 5.52. The van der Waals surface area contributed by atoms with Crippen LogP contribution >= 0.6 is 0 Å². The zero-order valence-electron chi connectivity index (χ0n) is 10.4. The van der Waals surface area contributed by atoms with Crippen LogP contribution in [-0.2, 0) is 6.42 Å². The summed E-state index contributed by atoms with van der Waals surface area (Å²) in [4.78, 5) is 4.22. The second-order valence-electron chi connectivity index (χ2n) is 4.29. The molecule has 0 spiro atoms. The highest BCUT2D eigenvalue weighted by molar-refractivity contribution is 5.33. The summed E-state index contributed by atoms with van der Waals surface area (Å²) in [6.45, 7) is 5.78. The van der Waals surface area contributed by atoms with Gasteiger partial charge in [0.25, 0.3) is 0 Å². The van der Waals surface area contributed by atoms with Gasteiger partial charge < -0.3 is 9.52 Å². The lowest BCUT2D eigenvalue weighted by Crippen LogP contribution is -2.05. The van der Waals surface area contributed by atoms with Crippen LogP contribution in [0.15, 0.2) is 28.8 Å². The van der Waals surface area contributed by atoms with Crippen molar-refractivity contribution in [3.63, 3.8) is 0 Å². The highest BCUT2D eigenvalue weighted by Gasteiger charge is 2.19. The first-order valence-electron chi connectivity index (χ1n) is 5.74. The van der Waals surface area contributed by atoms with Crippen molar-refractivity contribution in [3.05, 3.63) is 52.7 Å². The van der Waals surface area contributed by atoms with Gasteiger partial charge in [0.2, 0.25) is 0 Å². The Hall–Kier alpha value is -1.61. The molecule has 3 nitrogen and oxygen atoms in total. The molecule has 3 heteroatoms. The summed E-state index contributed by atoms with van der Waals surface area (Å²) in [6.07, 6.45) is 1.70. The monoisotopic (exact) mass is 231 g/mol. The summed E-state index contributed by atoms with van der Waals surface area (Å²) in [5.41, 5.74) is 2.82. The number of aliphatic hydroxyl groups excluding tert-OH is 1. The Morgan fingerprint density at radius 3 is 2.53 bits per heavy atom. The van der Waals surface area contributed by atoms with Crippen LogP contribution in [0, 0.1) is 20.8 Å². The van der Waals surface area contributed by atoms with Gasteiger partial charge in [-0.05, 0) is 38.5 Å². The van der Waals surface area contributed by atoms with Gasteiger partial charge in [-0.2, -0.15) is 0 Å². The molecule has 2 heterocycles. The molecule has 2 aromatic heterocycles. The molecule has 17 heavy (non-hydrogen) atoms. The van der Waals surface area contributed by atoms with Crippen molar-refractivity contribution < 1.29 is 9.52 Å². The Kier molecular flexibility index (Phi) is 3.29. The zero-order valence-corrected chi connectivity index (χ0v) is 10.4. The zero-order chi connectivity index (χ0) is 12.4. The van der Waals surface area contributed by atoms with Crippen LogP contribution in [0.2, 0.25) is 0 Å². The van der Waals surface area contributed by atoms with E-state index >= 15 is 0 Å². The third kappa shape index (κ3) is 2.39. The number of pyridine rings is 1. The molecular weight excluding hydrogens is 214 g/mol. The SMILES string of the molecule is Cc1oc(C)c(C(O)Cc2ccccn2)c1C. The standard InChI is InChI=1S/C14H17NO2/c1-9-10(2)17-11(3)14(9)13(16)8-12-6-4-5-7-15-12/h4-7,13,16H,8H2,1-3H3. The lowest BCUT2D eigenvalue weighted by molar-refractivity contribution is 0.174. The number of furan rings is 1. The Morgan fingerprint density at radius 2 is 2.00 bits per heavy atom. The summed E-state index contributed by atoms with van der Waals surface area (Å²) in [6, 6.07) is 5.71. The van der Waals surface area contributed by atoms with Crippen molar-refractivity contribution in [2.75, 3.05) is 0 Å². The molecule has 2 aromatic rings. The van der Waals surface area contributed by atoms with Crippen LogP contribution in [0.1, 0.15) is 34.4 Å². The number of aromatic nitrogens is 1. The van der Waals surface area contributed by atoms with Crippen LogP contribution in [0.25, 0.3) is 0 Å². The lowest BCUT2D eigenvalue weighted by Gasteiger charge is -2.10. The molecule has 0 aliphatic rings. The van der Waals surface area contributed by atoms with Crippen LogP contribution in [0.4, 0.5) is 0 Å². The number of hydrogen-bond acceptors (Lipinski definition) is 3. The molecule has 0 amide bonds. The molecule has 0 saturated carbocycles. The first-order valence-corrected chi connectivity index (χ1v) is 5.74. The van der Waals surface area contributed by atoms with Gasteiger partial charge in [-0.1, -0.05) is 6.07 Å². The fourth-order valence-electron chi connectivity index (χ4n) is 2.12. The van der Waals surface area contributed by atoms with Crippen molar-refractivity contribution in [2.24, 2.45) is 0 Å². The van der Waals surface area contributed by atoms with Crippen molar-refractivity contribution in [3.8, 4) is 0 Å². The molecule has 0 aliphatic carbocycles. The summed E-state index contributed by atoms with van der Waals surface area (Å²) in [5.74, 6) is 1.67. The molecule has 0 aliphatic heterocycles. The van der Waals surface area contributed by atoms with E-state index in [0.29, 0.717) is 6.42 Å². The second-order valence-corrected chi connectivity index (χ2v) is 4.29. The normalized spacial score (nSPS) is 12.7. The molecule has 0 aromatic carbocycles. The Labute approximate surface area is 101 Å². The quantitative estimate of drug-likeness (QED) is 0.883. The molecule has 1 atom stereocenters. The number of rotatable bonds is 3. The minimum absolute atomic E-state index is 0.515. The average molecular weight is 231 g/mol. The van der Waals surface area contributed by atoms with Gasteiger partial charge in [-0.15, -0.1) is 0 Å². The highest BCUT2D eigenvalue weighted by Crippen LogP contribution is 2.28. The summed E-state index contributed by atoms with van der Waals surface area (Å²) in [5, 5.41) is 10.2. The third-order valence-corrected chi connectivity index (χ3v) is 3.08. The molecule has 0 saturated heterocycles. The van der Waals surface area contributed by atoms with Gasteiger partial charge in [0, 0.05) is 23.9 Å². The maximum absolute atomic E-state index is 10.2. The van der Waals surface area contributed by atoms with Gasteiger partial charge in [0.1, 0.15) is 11.5 Å².